The lowest BCUT2D eigenvalue weighted by molar-refractivity contribution is 0.0924. The van der Waals surface area contributed by atoms with Crippen LogP contribution in [-0.4, -0.2) is 41.4 Å². The Labute approximate surface area is 71.1 Å². The Bertz CT molecular complexity index is 191. The zero-order valence-electron chi connectivity index (χ0n) is 6.90. The van der Waals surface area contributed by atoms with Crippen LogP contribution in [0.2, 0.25) is 0 Å². The first kappa shape index (κ1) is 7.86. The number of amides is 1. The smallest absolute Gasteiger partial charge is 0.410 e. The van der Waals surface area contributed by atoms with Gasteiger partial charge < -0.3 is 14.7 Å². The predicted octanol–water partition coefficient (Wildman–Crippen LogP) is 0.352. The van der Waals surface area contributed by atoms with Crippen molar-refractivity contribution < 1.29 is 14.6 Å². The molecule has 1 atom stereocenters. The minimum atomic E-state index is -0.293. The number of aliphatic hydroxyl groups excluding tert-OH is 1. The minimum absolute atomic E-state index is 0.0606. The van der Waals surface area contributed by atoms with Gasteiger partial charge in [-0.25, -0.2) is 4.79 Å². The molecule has 2 fully saturated rings. The molecule has 12 heavy (non-hydrogen) atoms. The molecule has 1 unspecified atom stereocenters. The van der Waals surface area contributed by atoms with Crippen molar-refractivity contribution in [1.29, 1.82) is 0 Å². The first-order valence-corrected chi connectivity index (χ1v) is 4.39. The fourth-order valence-electron chi connectivity index (χ4n) is 1.63. The van der Waals surface area contributed by atoms with Gasteiger partial charge in [0.1, 0.15) is 6.10 Å². The third-order valence-electron chi connectivity index (χ3n) is 2.62. The van der Waals surface area contributed by atoms with Crippen molar-refractivity contribution in [2.24, 2.45) is 0 Å². The topological polar surface area (TPSA) is 49.8 Å². The molecule has 4 heteroatoms. The molecular formula is C8H13NO3. The van der Waals surface area contributed by atoms with Crippen LogP contribution in [0.3, 0.4) is 0 Å². The van der Waals surface area contributed by atoms with Gasteiger partial charge in [-0.2, -0.15) is 0 Å². The van der Waals surface area contributed by atoms with Gasteiger partial charge in [-0.05, 0) is 19.3 Å². The van der Waals surface area contributed by atoms with Gasteiger partial charge in [0, 0.05) is 6.04 Å². The first-order valence-electron chi connectivity index (χ1n) is 4.39. The fraction of sp³-hybridized carbons (Fsp3) is 0.875. The molecule has 0 aromatic rings. The van der Waals surface area contributed by atoms with E-state index in [4.69, 9.17) is 9.84 Å². The molecule has 0 aromatic carbocycles. The molecule has 1 saturated heterocycles. The second kappa shape index (κ2) is 2.94. The average molecular weight is 171 g/mol. The summed E-state index contributed by atoms with van der Waals surface area (Å²) in [6.07, 6.45) is 2.84. The number of nitrogens with zero attached hydrogens (tertiary/aromatic N) is 1. The number of carbonyl (C=O) groups is 1. The Balaban J connectivity index is 1.93. The minimum Gasteiger partial charge on any atom is -0.442 e. The number of cyclic esters (lactones) is 1. The highest BCUT2D eigenvalue weighted by molar-refractivity contribution is 5.70. The van der Waals surface area contributed by atoms with E-state index in [0.29, 0.717) is 12.6 Å². The van der Waals surface area contributed by atoms with Crippen molar-refractivity contribution in [3.8, 4) is 0 Å². The second-order valence-electron chi connectivity index (χ2n) is 3.43. The average Bonchev–Trinajstić information content (AvgIpc) is 2.29. The number of ether oxygens (including phenoxy) is 1. The Hall–Kier alpha value is -0.770. The summed E-state index contributed by atoms with van der Waals surface area (Å²) in [6.45, 7) is 0.509. The molecule has 1 amide bonds. The highest BCUT2D eigenvalue weighted by atomic mass is 16.6. The Morgan fingerprint density at radius 3 is 2.75 bits per heavy atom. The van der Waals surface area contributed by atoms with Crippen LogP contribution in [-0.2, 0) is 4.74 Å². The lowest BCUT2D eigenvalue weighted by atomic mass is 9.92. The maximum absolute atomic E-state index is 11.2. The van der Waals surface area contributed by atoms with Crippen molar-refractivity contribution in [1.82, 2.24) is 4.90 Å². The third kappa shape index (κ3) is 1.16. The first-order chi connectivity index (χ1) is 5.81. The molecule has 0 radical (unpaired) electrons. The van der Waals surface area contributed by atoms with Gasteiger partial charge in [0.2, 0.25) is 0 Å². The Morgan fingerprint density at radius 2 is 2.33 bits per heavy atom. The fourth-order valence-corrected chi connectivity index (χ4v) is 1.63. The van der Waals surface area contributed by atoms with E-state index < -0.39 is 0 Å². The molecule has 2 rings (SSSR count). The van der Waals surface area contributed by atoms with Gasteiger partial charge in [-0.3, -0.25) is 0 Å². The van der Waals surface area contributed by atoms with Crippen molar-refractivity contribution in [3.63, 3.8) is 0 Å². The third-order valence-corrected chi connectivity index (χ3v) is 2.62. The van der Waals surface area contributed by atoms with Crippen LogP contribution in [0.4, 0.5) is 4.79 Å². The lowest BCUT2D eigenvalue weighted by Gasteiger charge is -2.32. The lowest BCUT2D eigenvalue weighted by Crippen LogP contribution is -2.41. The van der Waals surface area contributed by atoms with Crippen molar-refractivity contribution >= 4 is 6.09 Å². The molecule has 1 aliphatic heterocycles. The van der Waals surface area contributed by atoms with Crippen LogP contribution in [0.15, 0.2) is 0 Å². The highest BCUT2D eigenvalue weighted by Gasteiger charge is 2.37. The molecular weight excluding hydrogens is 158 g/mol. The molecule has 0 aromatic heterocycles. The quantitative estimate of drug-likeness (QED) is 0.652. The van der Waals surface area contributed by atoms with Crippen LogP contribution >= 0.6 is 0 Å². The Kier molecular flexibility index (Phi) is 1.92. The molecule has 1 saturated carbocycles. The van der Waals surface area contributed by atoms with E-state index in [9.17, 15) is 4.79 Å². The molecule has 4 nitrogen and oxygen atoms in total. The number of hydrogen-bond acceptors (Lipinski definition) is 3. The highest BCUT2D eigenvalue weighted by Crippen LogP contribution is 2.28. The zero-order valence-corrected chi connectivity index (χ0v) is 6.90. The normalized spacial score (nSPS) is 30.2. The number of carbonyl (C=O) groups excluding carboxylic acids is 1. The van der Waals surface area contributed by atoms with Crippen LogP contribution in [0, 0.1) is 0 Å². The number of hydrogen-bond donors (Lipinski definition) is 1. The second-order valence-corrected chi connectivity index (χ2v) is 3.43. The van der Waals surface area contributed by atoms with Crippen molar-refractivity contribution in [2.75, 3.05) is 13.2 Å². The van der Waals surface area contributed by atoms with E-state index in [1.807, 2.05) is 0 Å². The van der Waals surface area contributed by atoms with E-state index in [1.54, 1.807) is 4.90 Å². The van der Waals surface area contributed by atoms with Crippen LogP contribution < -0.4 is 0 Å². The summed E-state index contributed by atoms with van der Waals surface area (Å²) < 4.78 is 4.92. The summed E-state index contributed by atoms with van der Waals surface area (Å²) in [6, 6.07) is 0.383. The zero-order chi connectivity index (χ0) is 8.55. The van der Waals surface area contributed by atoms with E-state index in [0.717, 1.165) is 12.8 Å². The molecule has 68 valence electrons. The van der Waals surface area contributed by atoms with Gasteiger partial charge in [0.25, 0.3) is 0 Å². The summed E-state index contributed by atoms with van der Waals surface area (Å²) in [5, 5.41) is 8.77. The molecule has 0 bridgehead atoms. The van der Waals surface area contributed by atoms with E-state index >= 15 is 0 Å². The van der Waals surface area contributed by atoms with Crippen LogP contribution in [0.25, 0.3) is 0 Å². The SMILES string of the molecule is O=C1OC(CO)CN1C1CCC1. The summed E-state index contributed by atoms with van der Waals surface area (Å²) in [5.41, 5.74) is 0. The Morgan fingerprint density at radius 1 is 1.58 bits per heavy atom. The molecule has 1 N–H and O–H groups in total. The largest absolute Gasteiger partial charge is 0.442 e. The van der Waals surface area contributed by atoms with Gasteiger partial charge in [0.05, 0.1) is 13.2 Å². The maximum atomic E-state index is 11.2. The summed E-state index contributed by atoms with van der Waals surface area (Å²) in [5.74, 6) is 0. The molecule has 1 aliphatic carbocycles. The monoisotopic (exact) mass is 171 g/mol. The molecule has 1 heterocycles. The van der Waals surface area contributed by atoms with Gasteiger partial charge in [-0.1, -0.05) is 0 Å². The van der Waals surface area contributed by atoms with Crippen LogP contribution in [0.5, 0.6) is 0 Å². The predicted molar refractivity (Wildman–Crippen MR) is 41.7 cm³/mol. The van der Waals surface area contributed by atoms with Gasteiger partial charge >= 0.3 is 6.09 Å². The van der Waals surface area contributed by atoms with Crippen molar-refractivity contribution in [3.05, 3.63) is 0 Å². The standard InChI is InChI=1S/C8H13NO3/c10-5-7-4-9(8(11)12-7)6-2-1-3-6/h6-7,10H,1-5H2. The summed E-state index contributed by atoms with van der Waals surface area (Å²) in [4.78, 5) is 12.9. The summed E-state index contributed by atoms with van der Waals surface area (Å²) in [7, 11) is 0. The number of aliphatic hydroxyl groups is 1. The molecule has 2 aliphatic rings. The molecule has 0 spiro atoms. The van der Waals surface area contributed by atoms with E-state index in [1.165, 1.54) is 6.42 Å². The maximum Gasteiger partial charge on any atom is 0.410 e. The van der Waals surface area contributed by atoms with Crippen LogP contribution in [0.1, 0.15) is 19.3 Å². The summed E-state index contributed by atoms with van der Waals surface area (Å²) >= 11 is 0. The van der Waals surface area contributed by atoms with Crippen molar-refractivity contribution in [2.45, 2.75) is 31.4 Å². The van der Waals surface area contributed by atoms with E-state index in [2.05, 4.69) is 0 Å². The van der Waals surface area contributed by atoms with E-state index in [-0.39, 0.29) is 18.8 Å². The number of rotatable bonds is 2. The van der Waals surface area contributed by atoms with Gasteiger partial charge in [-0.15, -0.1) is 0 Å². The van der Waals surface area contributed by atoms with Gasteiger partial charge in [0.15, 0.2) is 0 Å².